The molecule has 1 aromatic heterocycles. The molecule has 0 saturated heterocycles. The van der Waals surface area contributed by atoms with E-state index in [4.69, 9.17) is 0 Å². The average molecular weight is 140 g/mol. The molecule has 0 saturated carbocycles. The summed E-state index contributed by atoms with van der Waals surface area (Å²) in [4.78, 5) is 13.8. The number of hydrogen-bond acceptors (Lipinski definition) is 2. The maximum absolute atomic E-state index is 10.0. The molecule has 0 spiro atoms. The third-order valence-electron chi connectivity index (χ3n) is 0.975. The van der Waals surface area contributed by atoms with E-state index in [0.717, 1.165) is 6.29 Å². The van der Waals surface area contributed by atoms with E-state index in [0.29, 0.717) is 5.69 Å². The minimum absolute atomic E-state index is 0.602. The molecule has 1 aromatic rings. The smallest absolute Gasteiger partial charge is 0.168 e. The monoisotopic (exact) mass is 140 g/mol. The highest BCUT2D eigenvalue weighted by Gasteiger charge is 1.90. The summed E-state index contributed by atoms with van der Waals surface area (Å²) in [5.74, 6) is 0. The van der Waals surface area contributed by atoms with Gasteiger partial charge in [-0.3, -0.25) is 4.79 Å². The van der Waals surface area contributed by atoms with Crippen LogP contribution in [0.15, 0.2) is 12.5 Å². The second-order valence-electron chi connectivity index (χ2n) is 1.55. The van der Waals surface area contributed by atoms with Gasteiger partial charge in [0.25, 0.3) is 0 Å². The molecule has 56 valence electrons. The number of carbonyl (C=O) groups is 1. The lowest BCUT2D eigenvalue weighted by molar-refractivity contribution is 0.111. The Bertz CT molecular complexity index is 193. The Morgan fingerprint density at radius 2 is 2.20 bits per heavy atom. The summed E-state index contributed by atoms with van der Waals surface area (Å²) in [5.41, 5.74) is 0.602. The van der Waals surface area contributed by atoms with Crippen molar-refractivity contribution in [3.8, 4) is 0 Å². The lowest BCUT2D eigenvalue weighted by Gasteiger charge is -1.86. The molecule has 0 amide bonds. The van der Waals surface area contributed by atoms with Crippen molar-refractivity contribution in [2.75, 3.05) is 0 Å². The lowest BCUT2D eigenvalue weighted by Crippen LogP contribution is -1.90. The molecule has 0 radical (unpaired) electrons. The van der Waals surface area contributed by atoms with Gasteiger partial charge in [-0.25, -0.2) is 4.98 Å². The van der Waals surface area contributed by atoms with Crippen molar-refractivity contribution < 1.29 is 4.79 Å². The molecule has 1 rings (SSSR count). The van der Waals surface area contributed by atoms with E-state index >= 15 is 0 Å². The molecular weight excluding hydrogens is 128 g/mol. The van der Waals surface area contributed by atoms with Gasteiger partial charge in [-0.1, -0.05) is 13.8 Å². The summed E-state index contributed by atoms with van der Waals surface area (Å²) in [5, 5.41) is 0. The third kappa shape index (κ3) is 2.01. The largest absolute Gasteiger partial charge is 0.332 e. The van der Waals surface area contributed by atoms with Crippen molar-refractivity contribution in [1.29, 1.82) is 0 Å². The molecule has 3 nitrogen and oxygen atoms in total. The Labute approximate surface area is 60.7 Å². The first-order valence-corrected chi connectivity index (χ1v) is 3.26. The van der Waals surface area contributed by atoms with E-state index in [9.17, 15) is 4.79 Å². The molecule has 0 aromatic carbocycles. The summed E-state index contributed by atoms with van der Waals surface area (Å²) >= 11 is 0. The molecule has 1 heterocycles. The van der Waals surface area contributed by atoms with Crippen LogP contribution in [0.1, 0.15) is 24.3 Å². The van der Waals surface area contributed by atoms with Gasteiger partial charge in [0.05, 0.1) is 12.5 Å². The normalized spacial score (nSPS) is 7.90. The van der Waals surface area contributed by atoms with E-state index in [-0.39, 0.29) is 0 Å². The van der Waals surface area contributed by atoms with Gasteiger partial charge in [0, 0.05) is 7.05 Å². The van der Waals surface area contributed by atoms with E-state index in [1.54, 1.807) is 17.9 Å². The van der Waals surface area contributed by atoms with Gasteiger partial charge in [0.1, 0.15) is 5.69 Å². The zero-order valence-corrected chi connectivity index (χ0v) is 6.53. The second kappa shape index (κ2) is 4.73. The minimum Gasteiger partial charge on any atom is -0.332 e. The van der Waals surface area contributed by atoms with Crippen LogP contribution in [0.25, 0.3) is 0 Å². The number of nitrogens with zero attached hydrogens (tertiary/aromatic N) is 2. The van der Waals surface area contributed by atoms with Crippen molar-refractivity contribution in [3.63, 3.8) is 0 Å². The zero-order chi connectivity index (χ0) is 7.98. The molecule has 0 bridgehead atoms. The third-order valence-corrected chi connectivity index (χ3v) is 0.975. The number of aldehydes is 1. The van der Waals surface area contributed by atoms with Crippen LogP contribution in [0.3, 0.4) is 0 Å². The molecule has 0 unspecified atom stereocenters. The van der Waals surface area contributed by atoms with Crippen LogP contribution >= 0.6 is 0 Å². The van der Waals surface area contributed by atoms with Gasteiger partial charge in [-0.05, 0) is 0 Å². The summed E-state index contributed by atoms with van der Waals surface area (Å²) in [6.45, 7) is 4.00. The first-order chi connectivity index (χ1) is 4.84. The number of aryl methyl sites for hydroxylation is 1. The number of imidazole rings is 1. The molecule has 0 aliphatic rings. The molecule has 0 aliphatic heterocycles. The molecule has 0 aliphatic carbocycles. The quantitative estimate of drug-likeness (QED) is 0.550. The summed E-state index contributed by atoms with van der Waals surface area (Å²) in [6.07, 6.45) is 3.88. The Kier molecular flexibility index (Phi) is 4.20. The molecule has 3 heteroatoms. The van der Waals surface area contributed by atoms with Crippen molar-refractivity contribution in [3.05, 3.63) is 18.2 Å². The SMILES string of the molecule is CC.Cn1cncc1C=O. The highest BCUT2D eigenvalue weighted by atomic mass is 16.1. The summed E-state index contributed by atoms with van der Waals surface area (Å²) in [7, 11) is 1.77. The van der Waals surface area contributed by atoms with Crippen molar-refractivity contribution in [1.82, 2.24) is 9.55 Å². The Morgan fingerprint density at radius 3 is 2.40 bits per heavy atom. The van der Waals surface area contributed by atoms with Gasteiger partial charge in [0.2, 0.25) is 0 Å². The topological polar surface area (TPSA) is 34.9 Å². The standard InChI is InChI=1S/C5H6N2O.C2H6/c1-7-4-6-2-5(7)3-8;1-2/h2-4H,1H3;1-2H3. The highest BCUT2D eigenvalue weighted by molar-refractivity contribution is 5.71. The predicted octanol–water partition coefficient (Wildman–Crippen LogP) is 1.26. The number of aromatic nitrogens is 2. The molecular formula is C7H12N2O. The van der Waals surface area contributed by atoms with E-state index in [1.807, 2.05) is 13.8 Å². The molecule has 0 atom stereocenters. The molecule has 10 heavy (non-hydrogen) atoms. The van der Waals surface area contributed by atoms with Crippen molar-refractivity contribution in [2.24, 2.45) is 7.05 Å². The van der Waals surface area contributed by atoms with Crippen LogP contribution in [0, 0.1) is 0 Å². The first kappa shape index (κ1) is 8.88. The van der Waals surface area contributed by atoms with Crippen LogP contribution in [-0.2, 0) is 7.05 Å². The van der Waals surface area contributed by atoms with E-state index in [1.165, 1.54) is 6.20 Å². The van der Waals surface area contributed by atoms with Crippen LogP contribution in [-0.4, -0.2) is 15.8 Å². The number of rotatable bonds is 1. The van der Waals surface area contributed by atoms with E-state index < -0.39 is 0 Å². The van der Waals surface area contributed by atoms with Crippen LogP contribution in [0.5, 0.6) is 0 Å². The van der Waals surface area contributed by atoms with Crippen LogP contribution in [0.4, 0.5) is 0 Å². The first-order valence-electron chi connectivity index (χ1n) is 3.26. The maximum atomic E-state index is 10.0. The maximum Gasteiger partial charge on any atom is 0.168 e. The highest BCUT2D eigenvalue weighted by Crippen LogP contribution is 1.88. The van der Waals surface area contributed by atoms with Gasteiger partial charge in [-0.15, -0.1) is 0 Å². The Hall–Kier alpha value is -1.12. The van der Waals surface area contributed by atoms with Crippen LogP contribution < -0.4 is 0 Å². The van der Waals surface area contributed by atoms with Gasteiger partial charge in [0.15, 0.2) is 6.29 Å². The fourth-order valence-electron chi connectivity index (χ4n) is 0.481. The van der Waals surface area contributed by atoms with E-state index in [2.05, 4.69) is 4.98 Å². The average Bonchev–Trinajstić information content (AvgIpc) is 2.39. The summed E-state index contributed by atoms with van der Waals surface area (Å²) in [6, 6.07) is 0. The fraction of sp³-hybridized carbons (Fsp3) is 0.429. The zero-order valence-electron chi connectivity index (χ0n) is 6.53. The Morgan fingerprint density at radius 1 is 1.60 bits per heavy atom. The molecule has 0 N–H and O–H groups in total. The van der Waals surface area contributed by atoms with Gasteiger partial charge in [-0.2, -0.15) is 0 Å². The second-order valence-corrected chi connectivity index (χ2v) is 1.55. The predicted molar refractivity (Wildman–Crippen MR) is 39.9 cm³/mol. The van der Waals surface area contributed by atoms with Crippen molar-refractivity contribution in [2.45, 2.75) is 13.8 Å². The van der Waals surface area contributed by atoms with Gasteiger partial charge >= 0.3 is 0 Å². The molecule has 0 fully saturated rings. The van der Waals surface area contributed by atoms with Gasteiger partial charge < -0.3 is 4.57 Å². The Balaban J connectivity index is 0.000000371. The lowest BCUT2D eigenvalue weighted by atomic mass is 10.5. The van der Waals surface area contributed by atoms with Crippen molar-refractivity contribution >= 4 is 6.29 Å². The number of carbonyl (C=O) groups excluding carboxylic acids is 1. The fourth-order valence-corrected chi connectivity index (χ4v) is 0.481. The van der Waals surface area contributed by atoms with Crippen LogP contribution in [0.2, 0.25) is 0 Å². The number of hydrogen-bond donors (Lipinski definition) is 0. The minimum atomic E-state index is 0.602. The summed E-state index contributed by atoms with van der Waals surface area (Å²) < 4.78 is 1.66.